The fourth-order valence-electron chi connectivity index (χ4n) is 1.72. The Morgan fingerprint density at radius 2 is 1.47 bits per heavy atom. The Bertz CT molecular complexity index is 350. The molecule has 2 aliphatic heterocycles. The highest BCUT2D eigenvalue weighted by Crippen LogP contribution is 2.26. The standard InChI is InChI=1S/C6H10O4.C5H6O4/c7-3-1-9-6-4(8)2-10-5(3)6;1-3(5(8)9)2-4(6)7/h3-8H,1-2H2;1-2H2,(H,6,7)(H,8,9)/t3-,4+,5-,6-;/m1./s1. The van der Waals surface area contributed by atoms with Crippen molar-refractivity contribution in [2.75, 3.05) is 13.2 Å². The van der Waals surface area contributed by atoms with Gasteiger partial charge in [-0.2, -0.15) is 0 Å². The zero-order valence-corrected chi connectivity index (χ0v) is 10.1. The molecular weight excluding hydrogens is 260 g/mol. The fraction of sp³-hybridized carbons (Fsp3) is 0.636. The zero-order valence-electron chi connectivity index (χ0n) is 10.1. The summed E-state index contributed by atoms with van der Waals surface area (Å²) in [7, 11) is 0. The molecule has 0 aromatic carbocycles. The maximum atomic E-state index is 9.87. The topological polar surface area (TPSA) is 134 Å². The molecule has 0 aromatic rings. The summed E-state index contributed by atoms with van der Waals surface area (Å²) in [5, 5.41) is 34.4. The van der Waals surface area contributed by atoms with Crippen molar-refractivity contribution in [1.82, 2.24) is 0 Å². The first-order chi connectivity index (χ1) is 8.82. The zero-order chi connectivity index (χ0) is 14.6. The number of aliphatic carboxylic acids is 2. The molecule has 4 atom stereocenters. The van der Waals surface area contributed by atoms with Crippen molar-refractivity contribution in [2.45, 2.75) is 30.8 Å². The number of carboxylic acids is 2. The third kappa shape index (κ3) is 4.28. The van der Waals surface area contributed by atoms with Crippen LogP contribution >= 0.6 is 0 Å². The van der Waals surface area contributed by atoms with Gasteiger partial charge in [0.25, 0.3) is 0 Å². The fourth-order valence-corrected chi connectivity index (χ4v) is 1.72. The lowest BCUT2D eigenvalue weighted by Crippen LogP contribution is -2.30. The number of hydrogen-bond acceptors (Lipinski definition) is 6. The van der Waals surface area contributed by atoms with E-state index in [-0.39, 0.29) is 31.0 Å². The summed E-state index contributed by atoms with van der Waals surface area (Å²) < 4.78 is 10.2. The maximum absolute atomic E-state index is 9.87. The van der Waals surface area contributed by atoms with Crippen molar-refractivity contribution in [3.8, 4) is 0 Å². The van der Waals surface area contributed by atoms with E-state index in [4.69, 9.17) is 29.9 Å². The molecule has 0 aliphatic carbocycles. The van der Waals surface area contributed by atoms with Crippen molar-refractivity contribution in [3.63, 3.8) is 0 Å². The Morgan fingerprint density at radius 1 is 1.05 bits per heavy atom. The molecule has 0 spiro atoms. The van der Waals surface area contributed by atoms with Gasteiger partial charge in [0.15, 0.2) is 0 Å². The summed E-state index contributed by atoms with van der Waals surface area (Å²) in [4.78, 5) is 19.7. The number of aliphatic hydroxyl groups is 2. The molecule has 0 unspecified atom stereocenters. The number of carboxylic acid groups (broad SMARTS) is 2. The largest absolute Gasteiger partial charge is 0.481 e. The van der Waals surface area contributed by atoms with Crippen LogP contribution in [0.3, 0.4) is 0 Å². The van der Waals surface area contributed by atoms with Crippen molar-refractivity contribution < 1.29 is 39.5 Å². The number of hydrogen-bond donors (Lipinski definition) is 4. The summed E-state index contributed by atoms with van der Waals surface area (Å²) in [5.41, 5.74) is -0.303. The van der Waals surface area contributed by atoms with Crippen LogP contribution in [-0.2, 0) is 19.1 Å². The first-order valence-corrected chi connectivity index (χ1v) is 5.55. The molecule has 2 saturated heterocycles. The lowest BCUT2D eigenvalue weighted by atomic mass is 10.1. The van der Waals surface area contributed by atoms with E-state index in [1.807, 2.05) is 0 Å². The Morgan fingerprint density at radius 3 is 1.74 bits per heavy atom. The van der Waals surface area contributed by atoms with Gasteiger partial charge in [-0.15, -0.1) is 0 Å². The highest BCUT2D eigenvalue weighted by Gasteiger charge is 2.46. The van der Waals surface area contributed by atoms with Gasteiger partial charge in [0.05, 0.1) is 19.6 Å². The average Bonchev–Trinajstić information content (AvgIpc) is 2.84. The molecule has 0 aromatic heterocycles. The van der Waals surface area contributed by atoms with Crippen molar-refractivity contribution >= 4 is 11.9 Å². The molecule has 19 heavy (non-hydrogen) atoms. The highest BCUT2D eigenvalue weighted by molar-refractivity contribution is 5.91. The van der Waals surface area contributed by atoms with Gasteiger partial charge in [-0.25, -0.2) is 4.79 Å². The minimum atomic E-state index is -1.27. The van der Waals surface area contributed by atoms with Crippen LogP contribution in [0.25, 0.3) is 0 Å². The Hall–Kier alpha value is -1.48. The molecular formula is C11H16O8. The summed E-state index contributed by atoms with van der Waals surface area (Å²) in [5.74, 6) is -2.44. The molecule has 0 saturated carbocycles. The number of aliphatic hydroxyl groups excluding tert-OH is 2. The van der Waals surface area contributed by atoms with Crippen LogP contribution in [0.15, 0.2) is 12.2 Å². The van der Waals surface area contributed by atoms with Gasteiger partial charge in [-0.05, 0) is 0 Å². The first kappa shape index (κ1) is 15.6. The molecule has 2 heterocycles. The summed E-state index contributed by atoms with van der Waals surface area (Å²) in [6.07, 6.45) is -2.20. The van der Waals surface area contributed by atoms with E-state index in [1.165, 1.54) is 0 Å². The van der Waals surface area contributed by atoms with Gasteiger partial charge in [0.2, 0.25) is 0 Å². The van der Waals surface area contributed by atoms with Crippen LogP contribution in [0.5, 0.6) is 0 Å². The monoisotopic (exact) mass is 276 g/mol. The van der Waals surface area contributed by atoms with Crippen LogP contribution in [0.4, 0.5) is 0 Å². The van der Waals surface area contributed by atoms with E-state index in [0.717, 1.165) is 0 Å². The van der Waals surface area contributed by atoms with Gasteiger partial charge < -0.3 is 29.9 Å². The van der Waals surface area contributed by atoms with Crippen LogP contribution in [-0.4, -0.2) is 70.0 Å². The van der Waals surface area contributed by atoms with E-state index in [0.29, 0.717) is 0 Å². The van der Waals surface area contributed by atoms with Crippen LogP contribution in [0.1, 0.15) is 6.42 Å². The lowest BCUT2D eigenvalue weighted by molar-refractivity contribution is -0.139. The molecule has 0 bridgehead atoms. The van der Waals surface area contributed by atoms with E-state index in [1.54, 1.807) is 0 Å². The molecule has 8 heteroatoms. The maximum Gasteiger partial charge on any atom is 0.331 e. The molecule has 2 aliphatic rings. The number of fused-ring (bicyclic) bond motifs is 1. The van der Waals surface area contributed by atoms with Gasteiger partial charge in [0.1, 0.15) is 24.4 Å². The minimum absolute atomic E-state index is 0.284. The van der Waals surface area contributed by atoms with Crippen molar-refractivity contribution in [1.29, 1.82) is 0 Å². The molecule has 4 N–H and O–H groups in total. The quantitative estimate of drug-likeness (QED) is 0.463. The second kappa shape index (κ2) is 6.62. The van der Waals surface area contributed by atoms with Crippen molar-refractivity contribution in [2.24, 2.45) is 0 Å². The molecule has 8 nitrogen and oxygen atoms in total. The number of ether oxygens (including phenoxy) is 2. The summed E-state index contributed by atoms with van der Waals surface area (Å²) in [6, 6.07) is 0. The predicted molar refractivity (Wildman–Crippen MR) is 60.5 cm³/mol. The second-order valence-electron chi connectivity index (χ2n) is 4.21. The Balaban J connectivity index is 0.000000192. The van der Waals surface area contributed by atoms with Crippen LogP contribution < -0.4 is 0 Å². The molecule has 2 rings (SSSR count). The molecule has 108 valence electrons. The molecule has 0 radical (unpaired) electrons. The number of rotatable bonds is 3. The molecule has 0 amide bonds. The highest BCUT2D eigenvalue weighted by atomic mass is 16.6. The first-order valence-electron chi connectivity index (χ1n) is 5.55. The summed E-state index contributed by atoms with van der Waals surface area (Å²) >= 11 is 0. The minimum Gasteiger partial charge on any atom is -0.481 e. The van der Waals surface area contributed by atoms with E-state index in [2.05, 4.69) is 6.58 Å². The predicted octanol–water partition coefficient (Wildman–Crippen LogP) is -1.39. The third-order valence-corrected chi connectivity index (χ3v) is 2.67. The van der Waals surface area contributed by atoms with Gasteiger partial charge >= 0.3 is 11.9 Å². The Labute approximate surface area is 108 Å². The van der Waals surface area contributed by atoms with Gasteiger partial charge in [-0.3, -0.25) is 4.79 Å². The van der Waals surface area contributed by atoms with Crippen LogP contribution in [0.2, 0.25) is 0 Å². The molecule has 2 fully saturated rings. The van der Waals surface area contributed by atoms with Gasteiger partial charge in [0, 0.05) is 5.57 Å². The van der Waals surface area contributed by atoms with Crippen molar-refractivity contribution in [3.05, 3.63) is 12.2 Å². The van der Waals surface area contributed by atoms with E-state index in [9.17, 15) is 9.59 Å². The van der Waals surface area contributed by atoms with E-state index >= 15 is 0 Å². The van der Waals surface area contributed by atoms with Gasteiger partial charge in [-0.1, -0.05) is 6.58 Å². The smallest absolute Gasteiger partial charge is 0.331 e. The third-order valence-electron chi connectivity index (χ3n) is 2.67. The number of carbonyl (C=O) groups is 2. The SMILES string of the molecule is C=C(CC(=O)O)C(=O)O.O[C@@H]1CO[C@H]2[C@@H]1OC[C@@H]2O. The Kier molecular flexibility index (Phi) is 5.43. The average molecular weight is 276 g/mol. The lowest BCUT2D eigenvalue weighted by Gasteiger charge is -2.09. The normalized spacial score (nSPS) is 32.1. The summed E-state index contributed by atoms with van der Waals surface area (Å²) in [6.45, 7) is 3.58. The second-order valence-corrected chi connectivity index (χ2v) is 4.21. The van der Waals surface area contributed by atoms with E-state index < -0.39 is 30.6 Å². The van der Waals surface area contributed by atoms with Crippen LogP contribution in [0, 0.1) is 0 Å².